The molecule has 0 aliphatic heterocycles. The summed E-state index contributed by atoms with van der Waals surface area (Å²) in [6, 6.07) is 11.6. The van der Waals surface area contributed by atoms with Crippen molar-refractivity contribution in [2.75, 3.05) is 30.8 Å². The Balaban J connectivity index is 1.82. The van der Waals surface area contributed by atoms with E-state index in [0.29, 0.717) is 31.3 Å². The first-order chi connectivity index (χ1) is 10.2. The van der Waals surface area contributed by atoms with Gasteiger partial charge in [-0.15, -0.1) is 0 Å². The lowest BCUT2D eigenvalue weighted by atomic mass is 10.2. The number of hydrogen-bond donors (Lipinski definition) is 2. The van der Waals surface area contributed by atoms with Crippen molar-refractivity contribution in [3.8, 4) is 11.6 Å². The fourth-order valence-electron chi connectivity index (χ4n) is 1.86. The highest BCUT2D eigenvalue weighted by atomic mass is 16.5. The highest BCUT2D eigenvalue weighted by Gasteiger charge is 2.03. The van der Waals surface area contributed by atoms with Gasteiger partial charge in [0.25, 0.3) is 0 Å². The molecule has 0 atom stereocenters. The maximum absolute atomic E-state index is 5.78. The Morgan fingerprint density at radius 3 is 2.81 bits per heavy atom. The largest absolute Gasteiger partial charge is 0.492 e. The average molecular weight is 287 g/mol. The van der Waals surface area contributed by atoms with E-state index in [-0.39, 0.29) is 0 Å². The molecule has 3 N–H and O–H groups in total. The minimum Gasteiger partial charge on any atom is -0.492 e. The molecular formula is C16H21N3O2. The van der Waals surface area contributed by atoms with Gasteiger partial charge in [-0.05, 0) is 43.7 Å². The van der Waals surface area contributed by atoms with Crippen molar-refractivity contribution < 1.29 is 9.47 Å². The number of aryl methyl sites for hydroxylation is 1. The first kappa shape index (κ1) is 15.0. The van der Waals surface area contributed by atoms with Crippen LogP contribution in [0.1, 0.15) is 12.5 Å². The van der Waals surface area contributed by atoms with Gasteiger partial charge < -0.3 is 20.5 Å². The molecule has 2 aromatic rings. The second-order valence-electron chi connectivity index (χ2n) is 4.62. The first-order valence-electron chi connectivity index (χ1n) is 7.01. The summed E-state index contributed by atoms with van der Waals surface area (Å²) in [7, 11) is 0. The molecule has 0 unspecified atom stereocenters. The van der Waals surface area contributed by atoms with Crippen molar-refractivity contribution in [3.63, 3.8) is 0 Å². The molecule has 0 bridgehead atoms. The summed E-state index contributed by atoms with van der Waals surface area (Å²) in [5.41, 5.74) is 7.50. The van der Waals surface area contributed by atoms with E-state index in [9.17, 15) is 0 Å². The molecule has 21 heavy (non-hydrogen) atoms. The van der Waals surface area contributed by atoms with Crippen molar-refractivity contribution in [1.29, 1.82) is 0 Å². The number of nitrogens with one attached hydrogen (secondary N) is 1. The predicted molar refractivity (Wildman–Crippen MR) is 85.0 cm³/mol. The summed E-state index contributed by atoms with van der Waals surface area (Å²) in [5, 5.41) is 3.18. The lowest BCUT2D eigenvalue weighted by Gasteiger charge is -2.11. The molecule has 2 rings (SSSR count). The average Bonchev–Trinajstić information content (AvgIpc) is 2.47. The van der Waals surface area contributed by atoms with Crippen LogP contribution in [0.15, 0.2) is 36.4 Å². The minimum atomic E-state index is 0.460. The maximum atomic E-state index is 5.78. The maximum Gasteiger partial charge on any atom is 0.239 e. The number of hydrogen-bond acceptors (Lipinski definition) is 5. The Labute approximate surface area is 125 Å². The second-order valence-corrected chi connectivity index (χ2v) is 4.62. The Morgan fingerprint density at radius 2 is 2.05 bits per heavy atom. The third kappa shape index (κ3) is 4.56. The Hall–Kier alpha value is -2.43. The zero-order valence-electron chi connectivity index (χ0n) is 12.4. The van der Waals surface area contributed by atoms with E-state index >= 15 is 0 Å². The smallest absolute Gasteiger partial charge is 0.239 e. The van der Waals surface area contributed by atoms with Crippen LogP contribution in [0.25, 0.3) is 0 Å². The number of pyridine rings is 1. The van der Waals surface area contributed by atoms with Gasteiger partial charge in [0.15, 0.2) is 0 Å². The molecule has 1 heterocycles. The van der Waals surface area contributed by atoms with Gasteiger partial charge in [-0.25, -0.2) is 0 Å². The van der Waals surface area contributed by atoms with E-state index in [1.165, 1.54) is 5.56 Å². The van der Waals surface area contributed by atoms with Crippen molar-refractivity contribution in [3.05, 3.63) is 42.0 Å². The minimum absolute atomic E-state index is 0.460. The molecule has 0 spiro atoms. The molecule has 5 heteroatoms. The fraction of sp³-hybridized carbons (Fsp3) is 0.312. The predicted octanol–water partition coefficient (Wildman–Crippen LogP) is 2.86. The first-order valence-corrected chi connectivity index (χ1v) is 7.01. The third-order valence-corrected chi connectivity index (χ3v) is 2.84. The number of nitrogens with zero attached hydrogens (tertiary/aromatic N) is 1. The molecule has 1 aromatic heterocycles. The van der Waals surface area contributed by atoms with Crippen LogP contribution in [0.3, 0.4) is 0 Å². The van der Waals surface area contributed by atoms with Gasteiger partial charge >= 0.3 is 0 Å². The van der Waals surface area contributed by atoms with Gasteiger partial charge in [0.1, 0.15) is 18.2 Å². The molecular weight excluding hydrogens is 266 g/mol. The standard InChI is InChI=1S/C16H21N3O2/c1-3-20-16-14(17)7-8-15(19-16)18-9-10-21-13-6-4-5-12(2)11-13/h4-8,11H,3,9-10,17H2,1-2H3,(H,18,19). The number of nitrogens with two attached hydrogens (primary N) is 1. The van der Waals surface area contributed by atoms with Crippen molar-refractivity contribution in [2.24, 2.45) is 0 Å². The number of aromatic nitrogens is 1. The van der Waals surface area contributed by atoms with Gasteiger partial charge in [0.05, 0.1) is 18.8 Å². The fourth-order valence-corrected chi connectivity index (χ4v) is 1.86. The molecule has 1 aromatic carbocycles. The lowest BCUT2D eigenvalue weighted by Crippen LogP contribution is -2.13. The molecule has 112 valence electrons. The van der Waals surface area contributed by atoms with E-state index in [4.69, 9.17) is 15.2 Å². The van der Waals surface area contributed by atoms with E-state index in [2.05, 4.69) is 10.3 Å². The number of anilines is 2. The lowest BCUT2D eigenvalue weighted by molar-refractivity contribution is 0.327. The molecule has 0 radical (unpaired) electrons. The molecule has 0 saturated heterocycles. The van der Waals surface area contributed by atoms with Crippen LogP contribution >= 0.6 is 0 Å². The summed E-state index contributed by atoms with van der Waals surface area (Å²) in [6.45, 7) is 5.68. The van der Waals surface area contributed by atoms with Crippen molar-refractivity contribution >= 4 is 11.5 Å². The topological polar surface area (TPSA) is 69.4 Å². The van der Waals surface area contributed by atoms with Gasteiger partial charge in [0, 0.05) is 0 Å². The third-order valence-electron chi connectivity index (χ3n) is 2.84. The van der Waals surface area contributed by atoms with Crippen LogP contribution in [0.2, 0.25) is 0 Å². The highest BCUT2D eigenvalue weighted by molar-refractivity contribution is 5.53. The monoisotopic (exact) mass is 287 g/mol. The number of nitrogen functional groups attached to an aromatic ring is 1. The van der Waals surface area contributed by atoms with Crippen molar-refractivity contribution in [2.45, 2.75) is 13.8 Å². The van der Waals surface area contributed by atoms with Crippen LogP contribution in [-0.4, -0.2) is 24.7 Å². The van der Waals surface area contributed by atoms with Crippen LogP contribution in [0.5, 0.6) is 11.6 Å². The quantitative estimate of drug-likeness (QED) is 0.766. The molecule has 0 fully saturated rings. The zero-order chi connectivity index (χ0) is 15.1. The summed E-state index contributed by atoms with van der Waals surface area (Å²) >= 11 is 0. The molecule has 5 nitrogen and oxygen atoms in total. The van der Waals surface area contributed by atoms with Crippen LogP contribution < -0.4 is 20.5 Å². The van der Waals surface area contributed by atoms with Gasteiger partial charge in [-0.3, -0.25) is 0 Å². The molecule has 0 aliphatic carbocycles. The Morgan fingerprint density at radius 1 is 1.19 bits per heavy atom. The summed E-state index contributed by atoms with van der Waals surface area (Å²) < 4.78 is 11.0. The van der Waals surface area contributed by atoms with Crippen molar-refractivity contribution in [1.82, 2.24) is 4.98 Å². The number of benzene rings is 1. The summed E-state index contributed by atoms with van der Waals surface area (Å²) in [4.78, 5) is 4.31. The highest BCUT2D eigenvalue weighted by Crippen LogP contribution is 2.20. The van der Waals surface area contributed by atoms with Gasteiger partial charge in [-0.2, -0.15) is 4.98 Å². The van der Waals surface area contributed by atoms with E-state index in [0.717, 1.165) is 11.6 Å². The van der Waals surface area contributed by atoms with Crippen LogP contribution in [-0.2, 0) is 0 Å². The SMILES string of the molecule is CCOc1nc(NCCOc2cccc(C)c2)ccc1N. The van der Waals surface area contributed by atoms with E-state index < -0.39 is 0 Å². The molecule has 0 aliphatic rings. The molecule has 0 amide bonds. The Bertz CT molecular complexity index is 587. The van der Waals surface area contributed by atoms with Crippen LogP contribution in [0, 0.1) is 6.92 Å². The van der Waals surface area contributed by atoms with Gasteiger partial charge in [0.2, 0.25) is 5.88 Å². The zero-order valence-corrected chi connectivity index (χ0v) is 12.4. The normalized spacial score (nSPS) is 10.2. The summed E-state index contributed by atoms with van der Waals surface area (Å²) in [6.07, 6.45) is 0. The number of ether oxygens (including phenoxy) is 2. The van der Waals surface area contributed by atoms with Gasteiger partial charge in [-0.1, -0.05) is 12.1 Å². The Kier molecular flexibility index (Phi) is 5.26. The molecule has 0 saturated carbocycles. The number of rotatable bonds is 7. The van der Waals surface area contributed by atoms with E-state index in [1.807, 2.05) is 44.2 Å². The van der Waals surface area contributed by atoms with E-state index in [1.54, 1.807) is 6.07 Å². The second kappa shape index (κ2) is 7.38. The summed E-state index contributed by atoms with van der Waals surface area (Å²) in [5.74, 6) is 2.06. The van der Waals surface area contributed by atoms with Crippen LogP contribution in [0.4, 0.5) is 11.5 Å².